The van der Waals surface area contributed by atoms with Crippen LogP contribution in [0, 0.1) is 15.9 Å². The zero-order valence-electron chi connectivity index (χ0n) is 19.7. The molecule has 0 unspecified atom stereocenters. The van der Waals surface area contributed by atoms with Crippen molar-refractivity contribution in [2.24, 2.45) is 0 Å². The molecule has 0 bridgehead atoms. The van der Waals surface area contributed by atoms with Gasteiger partial charge in [0.25, 0.3) is 5.69 Å². The fourth-order valence-electron chi connectivity index (χ4n) is 4.84. The molecule has 10 heteroatoms. The maximum absolute atomic E-state index is 15.5. The summed E-state index contributed by atoms with van der Waals surface area (Å²) in [6, 6.07) is 13.8. The summed E-state index contributed by atoms with van der Waals surface area (Å²) in [5.41, 5.74) is 2.22. The second kappa shape index (κ2) is 10.3. The maximum Gasteiger partial charge on any atom is 0.335 e. The molecule has 0 spiro atoms. The Morgan fingerprint density at radius 3 is 2.62 bits per heavy atom. The third-order valence-corrected chi connectivity index (χ3v) is 7.47. The number of carbonyl (C=O) groups is 1. The van der Waals surface area contributed by atoms with Crippen LogP contribution in [0.1, 0.15) is 54.1 Å². The number of carboxylic acid groups (broad SMARTS) is 1. The first kappa shape index (κ1) is 24.9. The van der Waals surface area contributed by atoms with Gasteiger partial charge >= 0.3 is 5.97 Å². The second-order valence-corrected chi connectivity index (χ2v) is 9.92. The van der Waals surface area contributed by atoms with Crippen molar-refractivity contribution in [3.8, 4) is 17.1 Å². The number of aromatic carboxylic acids is 1. The number of carboxylic acids is 1. The highest BCUT2D eigenvalue weighted by atomic mass is 79.9. The Hall–Kier alpha value is -3.79. The van der Waals surface area contributed by atoms with Crippen molar-refractivity contribution in [2.75, 3.05) is 0 Å². The minimum absolute atomic E-state index is 0.0135. The lowest BCUT2D eigenvalue weighted by Crippen LogP contribution is -2.14. The summed E-state index contributed by atoms with van der Waals surface area (Å²) in [6.45, 7) is 0.0135. The van der Waals surface area contributed by atoms with E-state index in [0.29, 0.717) is 26.9 Å². The van der Waals surface area contributed by atoms with Crippen molar-refractivity contribution < 1.29 is 24.0 Å². The lowest BCUT2D eigenvalue weighted by molar-refractivity contribution is -0.385. The van der Waals surface area contributed by atoms with E-state index < -0.39 is 16.7 Å². The molecule has 1 aliphatic rings. The van der Waals surface area contributed by atoms with Gasteiger partial charge in [0, 0.05) is 34.3 Å². The Morgan fingerprint density at radius 1 is 1.14 bits per heavy atom. The molecule has 190 valence electrons. The molecule has 1 heterocycles. The average Bonchev–Trinajstić information content (AvgIpc) is 3.27. The first-order valence-electron chi connectivity index (χ1n) is 11.9. The van der Waals surface area contributed by atoms with E-state index in [4.69, 9.17) is 4.74 Å². The van der Waals surface area contributed by atoms with E-state index in [0.717, 1.165) is 37.6 Å². The Bertz CT molecular complexity index is 1510. The molecule has 0 aliphatic heterocycles. The summed E-state index contributed by atoms with van der Waals surface area (Å²) in [5, 5.41) is 20.5. The third-order valence-electron chi connectivity index (χ3n) is 6.69. The summed E-state index contributed by atoms with van der Waals surface area (Å²) < 4.78 is 23.9. The molecule has 1 aliphatic carbocycles. The minimum Gasteiger partial charge on any atom is -0.489 e. The van der Waals surface area contributed by atoms with Crippen molar-refractivity contribution in [1.29, 1.82) is 0 Å². The Kier molecular flexibility index (Phi) is 6.92. The molecule has 0 radical (unpaired) electrons. The molecule has 0 saturated heterocycles. The summed E-state index contributed by atoms with van der Waals surface area (Å²) >= 11 is 3.36. The van der Waals surface area contributed by atoms with Gasteiger partial charge in [0.2, 0.25) is 0 Å². The van der Waals surface area contributed by atoms with Crippen LogP contribution in [-0.4, -0.2) is 25.6 Å². The molecule has 1 saturated carbocycles. The molecule has 1 aromatic heterocycles. The van der Waals surface area contributed by atoms with E-state index in [1.165, 1.54) is 24.3 Å². The zero-order chi connectivity index (χ0) is 26.1. The number of imidazole rings is 1. The molecule has 4 aromatic rings. The SMILES string of the molecule is O=C(O)c1ccc2c(c1)nc(-c1ccc(OCc3cc([N+](=O)[O-])ccc3Br)cc1F)n2C1CCCCC1. The van der Waals surface area contributed by atoms with E-state index in [1.807, 2.05) is 4.57 Å². The summed E-state index contributed by atoms with van der Waals surface area (Å²) in [7, 11) is 0. The van der Waals surface area contributed by atoms with Crippen LogP contribution in [0.4, 0.5) is 10.1 Å². The number of rotatable bonds is 7. The topological polar surface area (TPSA) is 107 Å². The lowest BCUT2D eigenvalue weighted by atomic mass is 9.94. The number of nitro groups is 1. The van der Waals surface area contributed by atoms with Gasteiger partial charge in [-0.05, 0) is 49.2 Å². The molecule has 1 fully saturated rings. The van der Waals surface area contributed by atoms with Gasteiger partial charge in [0.1, 0.15) is 24.0 Å². The van der Waals surface area contributed by atoms with Gasteiger partial charge in [-0.25, -0.2) is 14.2 Å². The van der Waals surface area contributed by atoms with E-state index in [-0.39, 0.29) is 29.6 Å². The molecule has 37 heavy (non-hydrogen) atoms. The third kappa shape index (κ3) is 5.06. The van der Waals surface area contributed by atoms with Crippen LogP contribution < -0.4 is 4.74 Å². The van der Waals surface area contributed by atoms with Crippen LogP contribution in [0.5, 0.6) is 5.75 Å². The van der Waals surface area contributed by atoms with E-state index in [9.17, 15) is 20.0 Å². The number of halogens is 2. The van der Waals surface area contributed by atoms with Gasteiger partial charge in [-0.3, -0.25) is 10.1 Å². The standard InChI is InChI=1S/C27H23BrFN3O5/c28-22-10-7-19(32(35)36)12-17(22)15-37-20-8-9-21(23(29)14-20)26-30-24-13-16(27(33)34)6-11-25(24)31(26)18-4-2-1-3-5-18/h6-14,18H,1-5,15H2,(H,33,34). The predicted molar refractivity (Wildman–Crippen MR) is 139 cm³/mol. The number of nitro benzene ring substituents is 1. The highest BCUT2D eigenvalue weighted by Crippen LogP contribution is 2.37. The Morgan fingerprint density at radius 2 is 1.92 bits per heavy atom. The molecule has 5 rings (SSSR count). The molecule has 8 nitrogen and oxygen atoms in total. The van der Waals surface area contributed by atoms with E-state index in [2.05, 4.69) is 20.9 Å². The second-order valence-electron chi connectivity index (χ2n) is 9.07. The van der Waals surface area contributed by atoms with Gasteiger partial charge in [-0.1, -0.05) is 35.2 Å². The molecule has 3 aromatic carbocycles. The zero-order valence-corrected chi connectivity index (χ0v) is 21.3. The average molecular weight is 568 g/mol. The summed E-state index contributed by atoms with van der Waals surface area (Å²) in [5.74, 6) is -0.844. The van der Waals surface area contributed by atoms with Crippen molar-refractivity contribution in [1.82, 2.24) is 9.55 Å². The number of aromatic nitrogens is 2. The van der Waals surface area contributed by atoms with Gasteiger partial charge in [-0.15, -0.1) is 0 Å². The van der Waals surface area contributed by atoms with Crippen LogP contribution in [0.15, 0.2) is 59.1 Å². The first-order valence-corrected chi connectivity index (χ1v) is 12.7. The number of ether oxygens (including phenoxy) is 1. The monoisotopic (exact) mass is 567 g/mol. The molecule has 0 amide bonds. The summed E-state index contributed by atoms with van der Waals surface area (Å²) in [4.78, 5) is 26.8. The number of fused-ring (bicyclic) bond motifs is 1. The van der Waals surface area contributed by atoms with Crippen LogP contribution in [0.3, 0.4) is 0 Å². The molecular weight excluding hydrogens is 545 g/mol. The highest BCUT2D eigenvalue weighted by molar-refractivity contribution is 9.10. The normalized spacial score (nSPS) is 14.1. The largest absolute Gasteiger partial charge is 0.489 e. The quantitative estimate of drug-likeness (QED) is 0.185. The van der Waals surface area contributed by atoms with E-state index in [1.54, 1.807) is 30.3 Å². The number of hydrogen-bond donors (Lipinski definition) is 1. The van der Waals surface area contributed by atoms with Crippen LogP contribution in [0.2, 0.25) is 0 Å². The maximum atomic E-state index is 15.5. The fraction of sp³-hybridized carbons (Fsp3) is 0.259. The number of non-ortho nitro benzene ring substituents is 1. The van der Waals surface area contributed by atoms with E-state index >= 15 is 4.39 Å². The van der Waals surface area contributed by atoms with Crippen LogP contribution >= 0.6 is 15.9 Å². The Labute approximate surface area is 220 Å². The smallest absolute Gasteiger partial charge is 0.335 e. The fourth-order valence-corrected chi connectivity index (χ4v) is 5.21. The number of benzene rings is 3. The summed E-state index contributed by atoms with van der Waals surface area (Å²) in [6.07, 6.45) is 5.18. The minimum atomic E-state index is -1.04. The molecule has 1 N–H and O–H groups in total. The number of nitrogens with zero attached hydrogens (tertiary/aromatic N) is 3. The highest BCUT2D eigenvalue weighted by Gasteiger charge is 2.24. The van der Waals surface area contributed by atoms with Crippen molar-refractivity contribution in [3.63, 3.8) is 0 Å². The van der Waals surface area contributed by atoms with Gasteiger partial charge < -0.3 is 14.4 Å². The van der Waals surface area contributed by atoms with Crippen LogP contribution in [-0.2, 0) is 6.61 Å². The van der Waals surface area contributed by atoms with Gasteiger partial charge in [-0.2, -0.15) is 0 Å². The van der Waals surface area contributed by atoms with Crippen molar-refractivity contribution in [3.05, 3.63) is 86.1 Å². The number of hydrogen-bond acceptors (Lipinski definition) is 5. The molecule has 0 atom stereocenters. The van der Waals surface area contributed by atoms with Crippen molar-refractivity contribution in [2.45, 2.75) is 44.8 Å². The predicted octanol–water partition coefficient (Wildman–Crippen LogP) is 7.30. The van der Waals surface area contributed by atoms with Crippen LogP contribution in [0.25, 0.3) is 22.4 Å². The van der Waals surface area contributed by atoms with Gasteiger partial charge in [0.15, 0.2) is 0 Å². The molecular formula is C27H23BrFN3O5. The van der Waals surface area contributed by atoms with Crippen molar-refractivity contribution >= 4 is 38.6 Å². The lowest BCUT2D eigenvalue weighted by Gasteiger charge is -2.25. The Balaban J connectivity index is 1.48. The first-order chi connectivity index (χ1) is 17.8. The van der Waals surface area contributed by atoms with Gasteiger partial charge in [0.05, 0.1) is 27.1 Å².